The molecule has 1 rings (SSSR count). The van der Waals surface area contributed by atoms with Crippen molar-refractivity contribution in [3.8, 4) is 0 Å². The summed E-state index contributed by atoms with van der Waals surface area (Å²) >= 11 is 0. The Morgan fingerprint density at radius 2 is 2.24 bits per heavy atom. The highest BCUT2D eigenvalue weighted by atomic mass is 19.1. The number of carboxylic acid groups (broad SMARTS) is 1. The van der Waals surface area contributed by atoms with Gasteiger partial charge in [0.15, 0.2) is 6.10 Å². The molecule has 0 saturated carbocycles. The molecule has 0 aliphatic heterocycles. The van der Waals surface area contributed by atoms with Crippen LogP contribution >= 0.6 is 0 Å². The average Bonchev–Trinajstić information content (AvgIpc) is 2.28. The van der Waals surface area contributed by atoms with Crippen molar-refractivity contribution in [2.24, 2.45) is 0 Å². The third-order valence-electron chi connectivity index (χ3n) is 1.98. The van der Waals surface area contributed by atoms with Gasteiger partial charge >= 0.3 is 5.97 Å². The Bertz CT molecular complexity index is 425. The van der Waals surface area contributed by atoms with Crippen LogP contribution in [0.5, 0.6) is 0 Å². The molecule has 1 heterocycles. The molecule has 0 fully saturated rings. The Labute approximate surface area is 96.1 Å². The molecule has 92 valence electrons. The molecule has 1 atom stereocenters. The van der Waals surface area contributed by atoms with Gasteiger partial charge < -0.3 is 15.5 Å². The third-order valence-corrected chi connectivity index (χ3v) is 1.98. The smallest absolute Gasteiger partial charge is 0.332 e. The normalized spacial score (nSPS) is 11.9. The predicted molar refractivity (Wildman–Crippen MR) is 54.8 cm³/mol. The van der Waals surface area contributed by atoms with Crippen LogP contribution in [-0.4, -0.2) is 39.7 Å². The van der Waals surface area contributed by atoms with Crippen molar-refractivity contribution in [3.05, 3.63) is 29.8 Å². The van der Waals surface area contributed by atoms with E-state index in [4.69, 9.17) is 10.2 Å². The summed E-state index contributed by atoms with van der Waals surface area (Å²) in [5.41, 5.74) is 0.0855. The van der Waals surface area contributed by atoms with Crippen LogP contribution < -0.4 is 5.32 Å². The van der Waals surface area contributed by atoms with E-state index in [0.717, 1.165) is 12.3 Å². The zero-order valence-corrected chi connectivity index (χ0v) is 8.76. The van der Waals surface area contributed by atoms with Crippen molar-refractivity contribution < 1.29 is 24.2 Å². The van der Waals surface area contributed by atoms with Crippen molar-refractivity contribution in [1.82, 2.24) is 10.3 Å². The van der Waals surface area contributed by atoms with Gasteiger partial charge in [-0.15, -0.1) is 0 Å². The second-order valence-electron chi connectivity index (χ2n) is 3.27. The number of carbonyl (C=O) groups excluding carboxylic acids is 1. The van der Waals surface area contributed by atoms with Crippen molar-refractivity contribution in [2.45, 2.75) is 12.5 Å². The lowest BCUT2D eigenvalue weighted by molar-refractivity contribution is -0.146. The summed E-state index contributed by atoms with van der Waals surface area (Å²) in [6, 6.07) is 2.29. The summed E-state index contributed by atoms with van der Waals surface area (Å²) in [6.07, 6.45) is -0.491. The number of carbonyl (C=O) groups is 2. The van der Waals surface area contributed by atoms with E-state index in [1.54, 1.807) is 0 Å². The second kappa shape index (κ2) is 5.90. The molecule has 1 amide bonds. The Kier molecular flexibility index (Phi) is 4.53. The van der Waals surface area contributed by atoms with Crippen LogP contribution in [-0.2, 0) is 4.79 Å². The molecule has 0 spiro atoms. The predicted octanol–water partition coefficient (Wildman–Crippen LogP) is -0.214. The molecule has 0 aromatic carbocycles. The summed E-state index contributed by atoms with van der Waals surface area (Å²) in [7, 11) is 0. The van der Waals surface area contributed by atoms with Crippen LogP contribution in [0.4, 0.5) is 4.39 Å². The number of amides is 1. The van der Waals surface area contributed by atoms with Gasteiger partial charge in [-0.2, -0.15) is 4.39 Å². The Morgan fingerprint density at radius 3 is 2.82 bits per heavy atom. The van der Waals surface area contributed by atoms with Crippen LogP contribution in [0.15, 0.2) is 18.3 Å². The largest absolute Gasteiger partial charge is 0.479 e. The first-order chi connectivity index (χ1) is 8.00. The fourth-order valence-electron chi connectivity index (χ4n) is 1.09. The molecule has 0 bridgehead atoms. The maximum Gasteiger partial charge on any atom is 0.332 e. The van der Waals surface area contributed by atoms with Gasteiger partial charge in [0.25, 0.3) is 5.91 Å². The number of nitrogens with zero attached hydrogens (tertiary/aromatic N) is 1. The Balaban J connectivity index is 2.43. The van der Waals surface area contributed by atoms with E-state index in [9.17, 15) is 14.0 Å². The molecule has 3 N–H and O–H groups in total. The van der Waals surface area contributed by atoms with Gasteiger partial charge in [0.2, 0.25) is 5.95 Å². The first kappa shape index (κ1) is 13.0. The summed E-state index contributed by atoms with van der Waals surface area (Å²) in [5.74, 6) is -2.68. The van der Waals surface area contributed by atoms with Crippen LogP contribution in [0.1, 0.15) is 16.8 Å². The van der Waals surface area contributed by atoms with Crippen LogP contribution in [0.3, 0.4) is 0 Å². The van der Waals surface area contributed by atoms with Gasteiger partial charge in [0.05, 0.1) is 0 Å². The molecule has 7 heteroatoms. The van der Waals surface area contributed by atoms with Crippen molar-refractivity contribution >= 4 is 11.9 Å². The Hall–Kier alpha value is -2.02. The van der Waals surface area contributed by atoms with E-state index in [1.165, 1.54) is 6.07 Å². The maximum absolute atomic E-state index is 12.7. The van der Waals surface area contributed by atoms with Crippen molar-refractivity contribution in [1.29, 1.82) is 0 Å². The summed E-state index contributed by atoms with van der Waals surface area (Å²) in [6.45, 7) is -0.0176. The molecule has 0 radical (unpaired) electrons. The minimum atomic E-state index is -1.52. The Morgan fingerprint density at radius 1 is 1.53 bits per heavy atom. The summed E-state index contributed by atoms with van der Waals surface area (Å²) < 4.78 is 12.7. The van der Waals surface area contributed by atoms with Gasteiger partial charge in [0.1, 0.15) is 0 Å². The standard InChI is InChI=1S/C10H11FN2O4/c11-8-5-6(1-3-12-8)9(15)13-4-2-7(14)10(16)17/h1,3,5,7,14H,2,4H2,(H,13,15)(H,16,17). The van der Waals surface area contributed by atoms with E-state index >= 15 is 0 Å². The average molecular weight is 242 g/mol. The molecule has 1 aromatic rings. The fraction of sp³-hybridized carbons (Fsp3) is 0.300. The van der Waals surface area contributed by atoms with Gasteiger partial charge in [-0.05, 0) is 6.07 Å². The van der Waals surface area contributed by atoms with Gasteiger partial charge in [0, 0.05) is 30.8 Å². The number of nitrogens with one attached hydrogen (secondary N) is 1. The van der Waals surface area contributed by atoms with Gasteiger partial charge in [-0.25, -0.2) is 9.78 Å². The molecule has 0 saturated heterocycles. The molecule has 0 aliphatic rings. The number of aliphatic hydroxyl groups excluding tert-OH is 1. The van der Waals surface area contributed by atoms with Crippen molar-refractivity contribution in [3.63, 3.8) is 0 Å². The number of rotatable bonds is 5. The number of aliphatic hydroxyl groups is 1. The molecule has 0 aliphatic carbocycles. The zero-order chi connectivity index (χ0) is 12.8. The highest BCUT2D eigenvalue weighted by Crippen LogP contribution is 2.00. The SMILES string of the molecule is O=C(NCCC(O)C(=O)O)c1ccnc(F)c1. The number of pyridine rings is 1. The van der Waals surface area contributed by atoms with Crippen molar-refractivity contribution in [2.75, 3.05) is 6.54 Å². The maximum atomic E-state index is 12.7. The van der Waals surface area contributed by atoms with Crippen LogP contribution in [0, 0.1) is 5.95 Å². The summed E-state index contributed by atoms with van der Waals surface area (Å²) in [4.78, 5) is 25.0. The van der Waals surface area contributed by atoms with Gasteiger partial charge in [-0.3, -0.25) is 4.79 Å². The quantitative estimate of drug-likeness (QED) is 0.620. The van der Waals surface area contributed by atoms with E-state index in [2.05, 4.69) is 10.3 Å². The van der Waals surface area contributed by atoms with E-state index in [1.807, 2.05) is 0 Å². The number of hydrogen-bond donors (Lipinski definition) is 3. The van der Waals surface area contributed by atoms with Crippen LogP contribution in [0.25, 0.3) is 0 Å². The first-order valence-corrected chi connectivity index (χ1v) is 4.81. The van der Waals surface area contributed by atoms with E-state index in [0.29, 0.717) is 0 Å². The number of aromatic nitrogens is 1. The minimum Gasteiger partial charge on any atom is -0.479 e. The second-order valence-corrected chi connectivity index (χ2v) is 3.27. The van der Waals surface area contributed by atoms with Gasteiger partial charge in [-0.1, -0.05) is 0 Å². The van der Waals surface area contributed by atoms with E-state index in [-0.39, 0.29) is 18.5 Å². The third kappa shape index (κ3) is 4.15. The molecular formula is C10H11FN2O4. The molecule has 17 heavy (non-hydrogen) atoms. The number of halogens is 1. The topological polar surface area (TPSA) is 99.5 Å². The monoisotopic (exact) mass is 242 g/mol. The number of hydrogen-bond acceptors (Lipinski definition) is 4. The fourth-order valence-corrected chi connectivity index (χ4v) is 1.09. The molecule has 6 nitrogen and oxygen atoms in total. The molecule has 1 unspecified atom stereocenters. The lowest BCUT2D eigenvalue weighted by Crippen LogP contribution is -2.30. The summed E-state index contributed by atoms with van der Waals surface area (Å²) in [5, 5.41) is 19.7. The lowest BCUT2D eigenvalue weighted by Gasteiger charge is -2.07. The first-order valence-electron chi connectivity index (χ1n) is 4.81. The van der Waals surface area contributed by atoms with E-state index < -0.39 is 23.9 Å². The number of carboxylic acids is 1. The lowest BCUT2D eigenvalue weighted by atomic mass is 10.2. The zero-order valence-electron chi connectivity index (χ0n) is 8.76. The minimum absolute atomic E-state index is 0.0176. The molecule has 1 aromatic heterocycles. The highest BCUT2D eigenvalue weighted by molar-refractivity contribution is 5.94. The highest BCUT2D eigenvalue weighted by Gasteiger charge is 2.13. The van der Waals surface area contributed by atoms with Crippen LogP contribution in [0.2, 0.25) is 0 Å². The number of aliphatic carboxylic acids is 1. The molecular weight excluding hydrogens is 231 g/mol.